The van der Waals surface area contributed by atoms with Crippen LogP contribution in [0.15, 0.2) is 22.7 Å². The Morgan fingerprint density at radius 3 is 2.63 bits per heavy atom. The highest BCUT2D eigenvalue weighted by molar-refractivity contribution is 9.10. The molecule has 0 saturated heterocycles. The number of nitrogens with one attached hydrogen (secondary N) is 1. The van der Waals surface area contributed by atoms with Gasteiger partial charge in [-0.3, -0.25) is 9.48 Å². The first kappa shape index (κ1) is 19.4. The van der Waals surface area contributed by atoms with Crippen LogP contribution in [0.2, 0.25) is 0 Å². The molecular weight excluding hydrogens is 448 g/mol. The van der Waals surface area contributed by atoms with Gasteiger partial charge in [-0.05, 0) is 50.5 Å². The summed E-state index contributed by atoms with van der Waals surface area (Å²) in [6, 6.07) is 5.53. The van der Waals surface area contributed by atoms with Crippen molar-refractivity contribution in [1.82, 2.24) is 20.1 Å². The van der Waals surface area contributed by atoms with E-state index in [1.165, 1.54) is 0 Å². The zero-order valence-corrected chi connectivity index (χ0v) is 18.7. The van der Waals surface area contributed by atoms with Crippen molar-refractivity contribution in [3.8, 4) is 11.5 Å². The predicted molar refractivity (Wildman–Crippen MR) is 116 cm³/mol. The number of fused-ring (bicyclic) bond motifs is 2. The summed E-state index contributed by atoms with van der Waals surface area (Å²) in [7, 11) is 1.87. The van der Waals surface area contributed by atoms with Gasteiger partial charge in [-0.25, -0.2) is 4.98 Å². The molecule has 1 amide bonds. The number of pyridine rings is 1. The molecule has 8 heteroatoms. The molecule has 1 fully saturated rings. The molecule has 0 radical (unpaired) electrons. The molecule has 3 heterocycles. The lowest BCUT2D eigenvalue weighted by molar-refractivity contribution is 0.0941. The van der Waals surface area contributed by atoms with Crippen molar-refractivity contribution in [1.29, 1.82) is 0 Å². The van der Waals surface area contributed by atoms with Gasteiger partial charge in [0.25, 0.3) is 5.91 Å². The van der Waals surface area contributed by atoms with Crippen molar-refractivity contribution in [2.24, 2.45) is 7.05 Å². The van der Waals surface area contributed by atoms with Crippen molar-refractivity contribution in [2.75, 3.05) is 13.2 Å². The van der Waals surface area contributed by atoms with E-state index in [0.717, 1.165) is 45.3 Å². The van der Waals surface area contributed by atoms with Crippen LogP contribution in [0, 0.1) is 6.92 Å². The van der Waals surface area contributed by atoms with Gasteiger partial charge in [0.1, 0.15) is 13.2 Å². The van der Waals surface area contributed by atoms with E-state index < -0.39 is 0 Å². The number of hydrogen-bond acceptors (Lipinski definition) is 5. The monoisotopic (exact) mass is 470 g/mol. The third-order valence-electron chi connectivity index (χ3n) is 5.70. The Kier molecular flexibility index (Phi) is 4.69. The number of aromatic nitrogens is 3. The van der Waals surface area contributed by atoms with Crippen LogP contribution in [0.1, 0.15) is 59.0 Å². The molecule has 1 unspecified atom stereocenters. The van der Waals surface area contributed by atoms with Crippen LogP contribution in [-0.4, -0.2) is 33.9 Å². The fraction of sp³-hybridized carbons (Fsp3) is 0.409. The minimum absolute atomic E-state index is 0.130. The van der Waals surface area contributed by atoms with Crippen molar-refractivity contribution < 1.29 is 14.3 Å². The van der Waals surface area contributed by atoms with Gasteiger partial charge in [-0.2, -0.15) is 5.10 Å². The quantitative estimate of drug-likeness (QED) is 0.618. The third-order valence-corrected chi connectivity index (χ3v) is 6.39. The fourth-order valence-corrected chi connectivity index (χ4v) is 4.66. The summed E-state index contributed by atoms with van der Waals surface area (Å²) in [6.07, 6.45) is 2.24. The highest BCUT2D eigenvalue weighted by Crippen LogP contribution is 2.41. The largest absolute Gasteiger partial charge is 0.486 e. The maximum Gasteiger partial charge on any atom is 0.252 e. The van der Waals surface area contributed by atoms with Crippen LogP contribution in [0.5, 0.6) is 11.5 Å². The Balaban J connectivity index is 1.49. The van der Waals surface area contributed by atoms with Gasteiger partial charge < -0.3 is 14.8 Å². The number of rotatable bonds is 4. The van der Waals surface area contributed by atoms with Gasteiger partial charge in [-0.1, -0.05) is 15.9 Å². The summed E-state index contributed by atoms with van der Waals surface area (Å²) in [5.74, 6) is 1.73. The molecule has 0 spiro atoms. The Hall–Kier alpha value is -2.61. The van der Waals surface area contributed by atoms with Gasteiger partial charge >= 0.3 is 0 Å². The first-order valence-electron chi connectivity index (χ1n) is 10.2. The maximum atomic E-state index is 13.4. The molecule has 1 saturated carbocycles. The highest BCUT2D eigenvalue weighted by atomic mass is 79.9. The van der Waals surface area contributed by atoms with E-state index in [-0.39, 0.29) is 11.9 Å². The van der Waals surface area contributed by atoms with E-state index in [4.69, 9.17) is 14.5 Å². The number of hydrogen-bond donors (Lipinski definition) is 1. The standard InChI is InChI=1S/C22H23BrN4O3/c1-11(14-9-18-19(10-16(14)23)30-7-6-29-18)24-22(28)15-8-17(13-4-5-13)25-21-20(15)12(2)26-27(21)3/h8-11,13H,4-7H2,1-3H3,(H,24,28). The van der Waals surface area contributed by atoms with E-state index in [2.05, 4.69) is 26.3 Å². The summed E-state index contributed by atoms with van der Waals surface area (Å²) in [6.45, 7) is 4.94. The highest BCUT2D eigenvalue weighted by Gasteiger charge is 2.29. The van der Waals surface area contributed by atoms with Crippen LogP contribution in [-0.2, 0) is 7.05 Å². The summed E-state index contributed by atoms with van der Waals surface area (Å²) in [5, 5.41) is 8.45. The SMILES string of the molecule is Cc1nn(C)c2nc(C3CC3)cc(C(=O)NC(C)c3cc4c(cc3Br)OCCO4)c12. The second-order valence-corrected chi connectivity index (χ2v) is 8.84. The average Bonchev–Trinajstić information content (AvgIpc) is 3.53. The molecule has 1 aliphatic heterocycles. The van der Waals surface area contributed by atoms with E-state index in [1.54, 1.807) is 4.68 Å². The zero-order chi connectivity index (χ0) is 21.0. The Labute approximate surface area is 182 Å². The van der Waals surface area contributed by atoms with Crippen LogP contribution in [0.25, 0.3) is 11.0 Å². The van der Waals surface area contributed by atoms with Gasteiger partial charge in [-0.15, -0.1) is 0 Å². The number of ether oxygens (including phenoxy) is 2. The number of amides is 1. The molecule has 5 rings (SSSR count). The number of halogens is 1. The molecular formula is C22H23BrN4O3. The summed E-state index contributed by atoms with van der Waals surface area (Å²) < 4.78 is 14.0. The van der Waals surface area contributed by atoms with Crippen LogP contribution >= 0.6 is 15.9 Å². The Bertz CT molecular complexity index is 1170. The number of nitrogens with zero attached hydrogens (tertiary/aromatic N) is 3. The van der Waals surface area contributed by atoms with Crippen molar-refractivity contribution in [3.63, 3.8) is 0 Å². The molecule has 7 nitrogen and oxygen atoms in total. The molecule has 3 aromatic rings. The first-order valence-corrected chi connectivity index (χ1v) is 11.0. The van der Waals surface area contributed by atoms with Crippen LogP contribution < -0.4 is 14.8 Å². The second-order valence-electron chi connectivity index (χ2n) is 7.99. The normalized spacial score (nSPS) is 16.5. The van der Waals surface area contributed by atoms with Crippen molar-refractivity contribution >= 4 is 32.9 Å². The van der Waals surface area contributed by atoms with E-state index >= 15 is 0 Å². The van der Waals surface area contributed by atoms with Crippen molar-refractivity contribution in [3.05, 3.63) is 45.2 Å². The van der Waals surface area contributed by atoms with Crippen LogP contribution in [0.4, 0.5) is 0 Å². The lowest BCUT2D eigenvalue weighted by Gasteiger charge is -2.22. The van der Waals surface area contributed by atoms with Gasteiger partial charge in [0.15, 0.2) is 17.1 Å². The van der Waals surface area contributed by atoms with E-state index in [9.17, 15) is 4.79 Å². The molecule has 1 atom stereocenters. The second kappa shape index (κ2) is 7.27. The van der Waals surface area contributed by atoms with Gasteiger partial charge in [0.2, 0.25) is 0 Å². The Morgan fingerprint density at radius 2 is 1.93 bits per heavy atom. The molecule has 156 valence electrons. The van der Waals surface area contributed by atoms with E-state index in [1.807, 2.05) is 39.1 Å². The topological polar surface area (TPSA) is 78.3 Å². The number of aryl methyl sites for hydroxylation is 2. The average molecular weight is 471 g/mol. The summed E-state index contributed by atoms with van der Waals surface area (Å²) >= 11 is 3.61. The molecule has 0 bridgehead atoms. The molecule has 2 aliphatic rings. The summed E-state index contributed by atoms with van der Waals surface area (Å²) in [4.78, 5) is 18.1. The molecule has 1 aromatic carbocycles. The summed E-state index contributed by atoms with van der Waals surface area (Å²) in [5.41, 5.74) is 4.11. The molecule has 1 N–H and O–H groups in total. The van der Waals surface area contributed by atoms with Gasteiger partial charge in [0.05, 0.1) is 22.7 Å². The van der Waals surface area contributed by atoms with Crippen molar-refractivity contribution in [2.45, 2.75) is 38.6 Å². The fourth-order valence-electron chi connectivity index (χ4n) is 4.00. The number of carbonyl (C=O) groups is 1. The van der Waals surface area contributed by atoms with Gasteiger partial charge in [0, 0.05) is 23.1 Å². The molecule has 30 heavy (non-hydrogen) atoms. The first-order chi connectivity index (χ1) is 14.4. The molecule has 1 aliphatic carbocycles. The molecule has 2 aromatic heterocycles. The lowest BCUT2D eigenvalue weighted by Crippen LogP contribution is -2.27. The lowest BCUT2D eigenvalue weighted by atomic mass is 10.0. The minimum atomic E-state index is -0.229. The zero-order valence-electron chi connectivity index (χ0n) is 17.2. The smallest absolute Gasteiger partial charge is 0.252 e. The maximum absolute atomic E-state index is 13.4. The van der Waals surface area contributed by atoms with Crippen LogP contribution in [0.3, 0.4) is 0 Å². The predicted octanol–water partition coefficient (Wildman–Crippen LogP) is 4.18. The third kappa shape index (κ3) is 3.33. The number of carbonyl (C=O) groups excluding carboxylic acids is 1. The minimum Gasteiger partial charge on any atom is -0.486 e. The Morgan fingerprint density at radius 1 is 1.23 bits per heavy atom. The number of benzene rings is 1. The van der Waals surface area contributed by atoms with E-state index in [0.29, 0.717) is 36.2 Å².